The van der Waals surface area contributed by atoms with Crippen molar-refractivity contribution in [2.75, 3.05) is 13.6 Å². The van der Waals surface area contributed by atoms with Crippen LogP contribution in [0.25, 0.3) is 0 Å². The van der Waals surface area contributed by atoms with Crippen LogP contribution in [0.2, 0.25) is 0 Å². The third-order valence-corrected chi connectivity index (χ3v) is 2.24. The molecule has 78 valence electrons. The summed E-state index contributed by atoms with van der Waals surface area (Å²) in [5, 5.41) is 0. The Morgan fingerprint density at radius 1 is 1.08 bits per heavy atom. The lowest BCUT2D eigenvalue weighted by Gasteiger charge is -2.16. The smallest absolute Gasteiger partial charge is 0.222 e. The van der Waals surface area contributed by atoms with Gasteiger partial charge in [-0.3, -0.25) is 4.79 Å². The number of hydrogen-bond acceptors (Lipinski definition) is 1. The second-order valence-corrected chi connectivity index (χ2v) is 3.63. The van der Waals surface area contributed by atoms with Crippen molar-refractivity contribution in [3.05, 3.63) is 0 Å². The Kier molecular flexibility index (Phi) is 7.76. The zero-order valence-corrected chi connectivity index (χ0v) is 9.31. The van der Waals surface area contributed by atoms with Crippen molar-refractivity contribution in [3.8, 4) is 0 Å². The first-order valence-electron chi connectivity index (χ1n) is 5.46. The molecule has 2 heteroatoms. The van der Waals surface area contributed by atoms with E-state index < -0.39 is 0 Å². The molecule has 0 aromatic rings. The summed E-state index contributed by atoms with van der Waals surface area (Å²) < 4.78 is 0. The first-order chi connectivity index (χ1) is 6.22. The Hall–Kier alpha value is -0.530. The van der Waals surface area contributed by atoms with Crippen molar-refractivity contribution in [3.63, 3.8) is 0 Å². The fourth-order valence-electron chi connectivity index (χ4n) is 1.31. The maximum atomic E-state index is 11.3. The molecule has 0 aliphatic heterocycles. The average molecular weight is 185 g/mol. The Morgan fingerprint density at radius 3 is 2.31 bits per heavy atom. The molecule has 1 amide bonds. The molecule has 0 bridgehead atoms. The van der Waals surface area contributed by atoms with Gasteiger partial charge in [0.15, 0.2) is 0 Å². The van der Waals surface area contributed by atoms with Gasteiger partial charge in [-0.1, -0.05) is 33.1 Å². The Labute approximate surface area is 82.3 Å². The van der Waals surface area contributed by atoms with Crippen LogP contribution in [-0.4, -0.2) is 24.4 Å². The van der Waals surface area contributed by atoms with Gasteiger partial charge in [0.05, 0.1) is 0 Å². The summed E-state index contributed by atoms with van der Waals surface area (Å²) in [7, 11) is 1.91. The number of amides is 1. The van der Waals surface area contributed by atoms with E-state index in [2.05, 4.69) is 6.92 Å². The predicted molar refractivity (Wildman–Crippen MR) is 56.7 cm³/mol. The van der Waals surface area contributed by atoms with Gasteiger partial charge in [0.1, 0.15) is 0 Å². The van der Waals surface area contributed by atoms with E-state index in [1.54, 1.807) is 0 Å². The standard InChI is InChI=1S/C11H23NO/c1-4-6-7-8-10-12(3)11(13)9-5-2/h4-10H2,1-3H3. The van der Waals surface area contributed by atoms with Gasteiger partial charge in [-0.15, -0.1) is 0 Å². The summed E-state index contributed by atoms with van der Waals surface area (Å²) in [6.07, 6.45) is 6.60. The molecule has 0 fully saturated rings. The summed E-state index contributed by atoms with van der Waals surface area (Å²) in [6, 6.07) is 0. The normalized spacial score (nSPS) is 10.1. The summed E-state index contributed by atoms with van der Waals surface area (Å²) >= 11 is 0. The second-order valence-electron chi connectivity index (χ2n) is 3.63. The van der Waals surface area contributed by atoms with Gasteiger partial charge in [-0.05, 0) is 12.8 Å². The van der Waals surface area contributed by atoms with Crippen LogP contribution in [0.5, 0.6) is 0 Å². The van der Waals surface area contributed by atoms with E-state index in [0.29, 0.717) is 12.3 Å². The van der Waals surface area contributed by atoms with Crippen molar-refractivity contribution in [2.45, 2.75) is 52.4 Å². The Bertz CT molecular complexity index is 134. The molecular formula is C11H23NO. The molecule has 0 heterocycles. The largest absolute Gasteiger partial charge is 0.346 e. The van der Waals surface area contributed by atoms with Gasteiger partial charge >= 0.3 is 0 Å². The summed E-state index contributed by atoms with van der Waals surface area (Å²) in [5.74, 6) is 0.291. The third-order valence-electron chi connectivity index (χ3n) is 2.24. The molecule has 0 radical (unpaired) electrons. The highest BCUT2D eigenvalue weighted by molar-refractivity contribution is 5.75. The molecule has 2 nitrogen and oxygen atoms in total. The highest BCUT2D eigenvalue weighted by Gasteiger charge is 2.05. The first-order valence-corrected chi connectivity index (χ1v) is 5.46. The van der Waals surface area contributed by atoms with Crippen molar-refractivity contribution in [1.29, 1.82) is 0 Å². The zero-order chi connectivity index (χ0) is 10.1. The van der Waals surface area contributed by atoms with Crippen LogP contribution in [0.1, 0.15) is 52.4 Å². The van der Waals surface area contributed by atoms with Gasteiger partial charge in [-0.2, -0.15) is 0 Å². The molecule has 0 saturated carbocycles. The van der Waals surface area contributed by atoms with Crippen LogP contribution >= 0.6 is 0 Å². The van der Waals surface area contributed by atoms with Crippen LogP contribution in [0, 0.1) is 0 Å². The van der Waals surface area contributed by atoms with Crippen molar-refractivity contribution >= 4 is 5.91 Å². The minimum absolute atomic E-state index is 0.291. The topological polar surface area (TPSA) is 20.3 Å². The fraction of sp³-hybridized carbons (Fsp3) is 0.909. The molecule has 0 aromatic carbocycles. The summed E-state index contributed by atoms with van der Waals surface area (Å²) in [5.41, 5.74) is 0. The lowest BCUT2D eigenvalue weighted by atomic mass is 10.2. The van der Waals surface area contributed by atoms with Crippen molar-refractivity contribution in [2.24, 2.45) is 0 Å². The number of unbranched alkanes of at least 4 members (excludes halogenated alkanes) is 3. The number of carbonyl (C=O) groups excluding carboxylic acids is 1. The van der Waals surface area contributed by atoms with Gasteiger partial charge in [0.25, 0.3) is 0 Å². The molecule has 0 saturated heterocycles. The van der Waals surface area contributed by atoms with Crippen molar-refractivity contribution in [1.82, 2.24) is 4.90 Å². The van der Waals surface area contributed by atoms with Gasteiger partial charge in [-0.25, -0.2) is 0 Å². The SMILES string of the molecule is CCCCCCN(C)C(=O)CCC. The number of hydrogen-bond donors (Lipinski definition) is 0. The van der Waals surface area contributed by atoms with E-state index in [4.69, 9.17) is 0 Å². The lowest BCUT2D eigenvalue weighted by molar-refractivity contribution is -0.129. The highest BCUT2D eigenvalue weighted by Crippen LogP contribution is 2.02. The molecule has 0 spiro atoms. The van der Waals surface area contributed by atoms with Crippen molar-refractivity contribution < 1.29 is 4.79 Å². The molecule has 0 atom stereocenters. The molecule has 0 rings (SSSR count). The van der Waals surface area contributed by atoms with E-state index in [1.165, 1.54) is 19.3 Å². The fourth-order valence-corrected chi connectivity index (χ4v) is 1.31. The Morgan fingerprint density at radius 2 is 1.77 bits per heavy atom. The van der Waals surface area contributed by atoms with E-state index in [0.717, 1.165) is 19.4 Å². The zero-order valence-electron chi connectivity index (χ0n) is 9.31. The molecule has 0 unspecified atom stereocenters. The second kappa shape index (κ2) is 8.09. The molecular weight excluding hydrogens is 162 g/mol. The molecule has 0 aromatic heterocycles. The Balaban J connectivity index is 3.38. The first kappa shape index (κ1) is 12.5. The predicted octanol–water partition coefficient (Wildman–Crippen LogP) is 2.83. The summed E-state index contributed by atoms with van der Waals surface area (Å²) in [6.45, 7) is 5.17. The van der Waals surface area contributed by atoms with E-state index >= 15 is 0 Å². The number of carbonyl (C=O) groups is 1. The lowest BCUT2D eigenvalue weighted by Crippen LogP contribution is -2.27. The number of rotatable bonds is 7. The van der Waals surface area contributed by atoms with E-state index in [9.17, 15) is 4.79 Å². The average Bonchev–Trinajstić information content (AvgIpc) is 2.12. The molecule has 0 N–H and O–H groups in total. The number of nitrogens with zero attached hydrogens (tertiary/aromatic N) is 1. The molecule has 0 aliphatic carbocycles. The summed E-state index contributed by atoms with van der Waals surface area (Å²) in [4.78, 5) is 13.2. The maximum Gasteiger partial charge on any atom is 0.222 e. The van der Waals surface area contributed by atoms with Gasteiger partial charge in [0.2, 0.25) is 5.91 Å². The monoisotopic (exact) mass is 185 g/mol. The maximum absolute atomic E-state index is 11.3. The van der Waals surface area contributed by atoms with Crippen LogP contribution in [-0.2, 0) is 4.79 Å². The van der Waals surface area contributed by atoms with E-state index in [1.807, 2.05) is 18.9 Å². The van der Waals surface area contributed by atoms with Gasteiger partial charge in [0, 0.05) is 20.0 Å². The highest BCUT2D eigenvalue weighted by atomic mass is 16.2. The third kappa shape index (κ3) is 6.62. The molecule has 13 heavy (non-hydrogen) atoms. The van der Waals surface area contributed by atoms with Crippen LogP contribution in [0.4, 0.5) is 0 Å². The van der Waals surface area contributed by atoms with E-state index in [-0.39, 0.29) is 0 Å². The minimum Gasteiger partial charge on any atom is -0.346 e. The van der Waals surface area contributed by atoms with Gasteiger partial charge < -0.3 is 4.90 Å². The van der Waals surface area contributed by atoms with Crippen LogP contribution < -0.4 is 0 Å². The van der Waals surface area contributed by atoms with Crippen LogP contribution in [0.15, 0.2) is 0 Å². The molecule has 0 aliphatic rings. The van der Waals surface area contributed by atoms with Crippen LogP contribution in [0.3, 0.4) is 0 Å². The minimum atomic E-state index is 0.291. The quantitative estimate of drug-likeness (QED) is 0.558.